The molecule has 10 heteroatoms. The van der Waals surface area contributed by atoms with Crippen molar-refractivity contribution in [3.05, 3.63) is 73.4 Å². The lowest BCUT2D eigenvalue weighted by Gasteiger charge is -2.35. The van der Waals surface area contributed by atoms with E-state index in [0.717, 1.165) is 27.8 Å². The van der Waals surface area contributed by atoms with E-state index in [1.54, 1.807) is 13.3 Å². The number of hydrogen-bond donors (Lipinski definition) is 3. The van der Waals surface area contributed by atoms with Crippen molar-refractivity contribution in [2.24, 2.45) is 5.73 Å². The number of nitrogens with two attached hydrogens (primary N) is 1. The quantitative estimate of drug-likeness (QED) is 0.303. The molecule has 1 atom stereocenters. The second-order valence-electron chi connectivity index (χ2n) is 8.72. The van der Waals surface area contributed by atoms with Crippen LogP contribution in [0.5, 0.6) is 5.88 Å². The van der Waals surface area contributed by atoms with Gasteiger partial charge in [0.05, 0.1) is 31.9 Å². The third-order valence-electron chi connectivity index (χ3n) is 6.32. The molecule has 0 unspecified atom stereocenters. The number of para-hydroxylation sites is 1. The van der Waals surface area contributed by atoms with Crippen molar-refractivity contribution in [3.8, 4) is 17.0 Å². The summed E-state index contributed by atoms with van der Waals surface area (Å²) in [4.78, 5) is 27.9. The number of nitrogens with one attached hydrogen (secondary N) is 2. The smallest absolute Gasteiger partial charge is 0.247 e. The topological polar surface area (TPSA) is 128 Å². The number of pyridine rings is 1. The van der Waals surface area contributed by atoms with Crippen LogP contribution in [0.15, 0.2) is 73.4 Å². The van der Waals surface area contributed by atoms with Crippen molar-refractivity contribution in [2.45, 2.75) is 6.04 Å². The molecule has 0 saturated carbocycles. The third-order valence-corrected chi connectivity index (χ3v) is 6.32. The minimum absolute atomic E-state index is 0.0607. The van der Waals surface area contributed by atoms with Crippen molar-refractivity contribution in [2.75, 3.05) is 48.9 Å². The standard InChI is InChI=1S/C28H29N7O3/c1-3-25(36)31-20-8-4-6-18(14-20)22-9-5-7-19-16-30-28(34-26(19)22)32-23-10-11-24(33-27(23)37-2)35-12-13-38-17-21(35)15-29/h3-11,14,16,21H,1,12-13,15,17,29H2,2H3,(H,31,36)(H,30,32,34)/t21-/m1/s1. The van der Waals surface area contributed by atoms with Gasteiger partial charge in [-0.1, -0.05) is 36.9 Å². The number of benzene rings is 2. The summed E-state index contributed by atoms with van der Waals surface area (Å²) in [7, 11) is 1.58. The molecular weight excluding hydrogens is 482 g/mol. The van der Waals surface area contributed by atoms with Gasteiger partial charge in [-0.05, 0) is 35.9 Å². The van der Waals surface area contributed by atoms with Crippen LogP contribution in [-0.4, -0.2) is 60.3 Å². The molecule has 194 valence electrons. The number of aromatic nitrogens is 3. The first-order valence-corrected chi connectivity index (χ1v) is 12.3. The average Bonchev–Trinajstić information content (AvgIpc) is 2.97. The summed E-state index contributed by atoms with van der Waals surface area (Å²) in [6, 6.07) is 17.4. The van der Waals surface area contributed by atoms with Gasteiger partial charge < -0.3 is 30.7 Å². The number of nitrogens with zero attached hydrogens (tertiary/aromatic N) is 4. The minimum Gasteiger partial charge on any atom is -0.479 e. The molecule has 1 fully saturated rings. The maximum atomic E-state index is 11.8. The fourth-order valence-electron chi connectivity index (χ4n) is 4.42. The number of anilines is 4. The molecule has 0 radical (unpaired) electrons. The zero-order valence-electron chi connectivity index (χ0n) is 21.1. The van der Waals surface area contributed by atoms with Gasteiger partial charge in [0.1, 0.15) is 11.5 Å². The van der Waals surface area contributed by atoms with Gasteiger partial charge in [-0.25, -0.2) is 9.97 Å². The van der Waals surface area contributed by atoms with Crippen molar-refractivity contribution in [1.29, 1.82) is 0 Å². The van der Waals surface area contributed by atoms with Crippen LogP contribution in [0.25, 0.3) is 22.0 Å². The van der Waals surface area contributed by atoms with E-state index in [0.29, 0.717) is 49.5 Å². The first-order chi connectivity index (χ1) is 18.6. The fraction of sp³-hybridized carbons (Fsp3) is 0.214. The maximum Gasteiger partial charge on any atom is 0.247 e. The Morgan fingerprint density at radius 3 is 2.92 bits per heavy atom. The number of fused-ring (bicyclic) bond motifs is 1. The van der Waals surface area contributed by atoms with E-state index in [2.05, 4.69) is 27.1 Å². The van der Waals surface area contributed by atoms with Gasteiger partial charge >= 0.3 is 0 Å². The lowest BCUT2D eigenvalue weighted by Crippen LogP contribution is -2.49. The van der Waals surface area contributed by atoms with Gasteiger partial charge in [0.25, 0.3) is 0 Å². The average molecular weight is 512 g/mol. The number of carbonyl (C=O) groups is 1. The van der Waals surface area contributed by atoms with E-state index < -0.39 is 0 Å². The van der Waals surface area contributed by atoms with Crippen molar-refractivity contribution in [1.82, 2.24) is 15.0 Å². The molecule has 0 bridgehead atoms. The molecule has 4 N–H and O–H groups in total. The van der Waals surface area contributed by atoms with Crippen LogP contribution in [0.3, 0.4) is 0 Å². The largest absolute Gasteiger partial charge is 0.479 e. The highest BCUT2D eigenvalue weighted by Gasteiger charge is 2.24. The number of rotatable bonds is 8. The van der Waals surface area contributed by atoms with Crippen molar-refractivity contribution < 1.29 is 14.3 Å². The molecule has 1 saturated heterocycles. The minimum atomic E-state index is -0.269. The summed E-state index contributed by atoms with van der Waals surface area (Å²) in [5.41, 5.74) is 9.82. The molecule has 4 aromatic rings. The third kappa shape index (κ3) is 5.26. The predicted molar refractivity (Wildman–Crippen MR) is 149 cm³/mol. The molecule has 2 aromatic carbocycles. The Balaban J connectivity index is 1.46. The summed E-state index contributed by atoms with van der Waals surface area (Å²) in [6.07, 6.45) is 3.01. The molecule has 1 amide bonds. The van der Waals surface area contributed by atoms with E-state index in [-0.39, 0.29) is 11.9 Å². The highest BCUT2D eigenvalue weighted by molar-refractivity contribution is 6.00. The van der Waals surface area contributed by atoms with Gasteiger partial charge in [0.15, 0.2) is 0 Å². The Bertz CT molecular complexity index is 1480. The molecule has 5 rings (SSSR count). The van der Waals surface area contributed by atoms with Crippen LogP contribution in [0, 0.1) is 0 Å². The molecule has 0 aliphatic carbocycles. The van der Waals surface area contributed by atoms with Crippen LogP contribution >= 0.6 is 0 Å². The van der Waals surface area contributed by atoms with Gasteiger partial charge in [0, 0.05) is 35.9 Å². The molecule has 2 aromatic heterocycles. The van der Waals surface area contributed by atoms with Crippen LogP contribution in [-0.2, 0) is 9.53 Å². The predicted octanol–water partition coefficient (Wildman–Crippen LogP) is 3.73. The number of amides is 1. The summed E-state index contributed by atoms with van der Waals surface area (Å²) < 4.78 is 11.1. The Hall–Kier alpha value is -4.54. The van der Waals surface area contributed by atoms with Crippen LogP contribution in [0.2, 0.25) is 0 Å². The van der Waals surface area contributed by atoms with E-state index >= 15 is 0 Å². The Labute approximate surface area is 220 Å². The fourth-order valence-corrected chi connectivity index (χ4v) is 4.42. The Kier molecular flexibility index (Phi) is 7.43. The summed E-state index contributed by atoms with van der Waals surface area (Å²) >= 11 is 0. The van der Waals surface area contributed by atoms with Gasteiger partial charge in [-0.3, -0.25) is 4.79 Å². The second-order valence-corrected chi connectivity index (χ2v) is 8.72. The zero-order valence-corrected chi connectivity index (χ0v) is 21.1. The number of morpholine rings is 1. The molecule has 1 aliphatic heterocycles. The lowest BCUT2D eigenvalue weighted by molar-refractivity contribution is -0.111. The monoisotopic (exact) mass is 511 g/mol. The van der Waals surface area contributed by atoms with Crippen LogP contribution < -0.4 is 26.0 Å². The van der Waals surface area contributed by atoms with E-state index in [1.165, 1.54) is 6.08 Å². The number of hydrogen-bond acceptors (Lipinski definition) is 9. The van der Waals surface area contributed by atoms with Crippen molar-refractivity contribution in [3.63, 3.8) is 0 Å². The Morgan fingerprint density at radius 1 is 1.24 bits per heavy atom. The SMILES string of the molecule is C=CC(=O)Nc1cccc(-c2cccc3cnc(Nc4ccc(N5CCOC[C@H]5CN)nc4OC)nc23)c1. The van der Waals surface area contributed by atoms with E-state index in [1.807, 2.05) is 54.6 Å². The number of ether oxygens (including phenoxy) is 2. The number of methoxy groups -OCH3 is 1. The van der Waals surface area contributed by atoms with Crippen molar-refractivity contribution >= 4 is 40.0 Å². The molecule has 38 heavy (non-hydrogen) atoms. The summed E-state index contributed by atoms with van der Waals surface area (Å²) in [5.74, 6) is 1.33. The molecule has 10 nitrogen and oxygen atoms in total. The highest BCUT2D eigenvalue weighted by atomic mass is 16.5. The highest BCUT2D eigenvalue weighted by Crippen LogP contribution is 2.32. The van der Waals surface area contributed by atoms with E-state index in [4.69, 9.17) is 25.2 Å². The van der Waals surface area contributed by atoms with Gasteiger partial charge in [-0.15, -0.1) is 0 Å². The summed E-state index contributed by atoms with van der Waals surface area (Å²) in [6.45, 7) is 5.88. The normalized spacial score (nSPS) is 15.2. The first kappa shape index (κ1) is 25.1. The first-order valence-electron chi connectivity index (χ1n) is 12.3. The van der Waals surface area contributed by atoms with Crippen LogP contribution in [0.4, 0.5) is 23.1 Å². The van der Waals surface area contributed by atoms with Gasteiger partial charge in [-0.2, -0.15) is 4.98 Å². The zero-order chi connectivity index (χ0) is 26.5. The second kappa shape index (κ2) is 11.2. The maximum absolute atomic E-state index is 11.8. The van der Waals surface area contributed by atoms with E-state index in [9.17, 15) is 4.79 Å². The molecule has 0 spiro atoms. The number of carbonyl (C=O) groups excluding carboxylic acids is 1. The molecule has 1 aliphatic rings. The molecule has 3 heterocycles. The van der Waals surface area contributed by atoms with Gasteiger partial charge in [0.2, 0.25) is 17.7 Å². The van der Waals surface area contributed by atoms with Crippen LogP contribution in [0.1, 0.15) is 0 Å². The summed E-state index contributed by atoms with van der Waals surface area (Å²) in [5, 5.41) is 6.93. The Morgan fingerprint density at radius 2 is 2.11 bits per heavy atom. The lowest BCUT2D eigenvalue weighted by atomic mass is 10.0. The molecular formula is C28H29N7O3.